The van der Waals surface area contributed by atoms with E-state index in [1.54, 1.807) is 12.3 Å². The van der Waals surface area contributed by atoms with Gasteiger partial charge in [-0.1, -0.05) is 29.8 Å². The number of pyridine rings is 1. The summed E-state index contributed by atoms with van der Waals surface area (Å²) >= 11 is 0. The molecule has 2 amide bonds. The van der Waals surface area contributed by atoms with Crippen molar-refractivity contribution < 1.29 is 4.79 Å². The molecule has 0 radical (unpaired) electrons. The van der Waals surface area contributed by atoms with Gasteiger partial charge in [0.25, 0.3) is 0 Å². The summed E-state index contributed by atoms with van der Waals surface area (Å²) in [6.07, 6.45) is 1.71. The van der Waals surface area contributed by atoms with Crippen molar-refractivity contribution in [2.75, 3.05) is 10.6 Å². The highest BCUT2D eigenvalue weighted by molar-refractivity contribution is 5.88. The fraction of sp³-hybridized carbons (Fsp3) is 0.294. The van der Waals surface area contributed by atoms with Crippen molar-refractivity contribution >= 4 is 17.5 Å². The number of nitrogens with one attached hydrogen (secondary N) is 3. The lowest BCUT2D eigenvalue weighted by Gasteiger charge is -2.10. The summed E-state index contributed by atoms with van der Waals surface area (Å²) in [6.45, 7) is 6.63. The van der Waals surface area contributed by atoms with Gasteiger partial charge >= 0.3 is 6.03 Å². The highest BCUT2D eigenvalue weighted by Gasteiger charge is 2.04. The second-order valence-corrected chi connectivity index (χ2v) is 5.53. The maximum Gasteiger partial charge on any atom is 0.320 e. The SMILES string of the molecule is Cc1cccc(CNc2ccc(NC(=O)NC(C)C)nc2)c1. The van der Waals surface area contributed by atoms with Gasteiger partial charge in [0.2, 0.25) is 0 Å². The Labute approximate surface area is 131 Å². The average Bonchev–Trinajstić information content (AvgIpc) is 2.46. The Balaban J connectivity index is 1.88. The summed E-state index contributed by atoms with van der Waals surface area (Å²) in [5.41, 5.74) is 3.38. The number of amides is 2. The zero-order chi connectivity index (χ0) is 15.9. The molecular formula is C17H22N4O. The van der Waals surface area contributed by atoms with Gasteiger partial charge in [0.15, 0.2) is 0 Å². The largest absolute Gasteiger partial charge is 0.380 e. The van der Waals surface area contributed by atoms with Gasteiger partial charge in [-0.05, 0) is 38.5 Å². The van der Waals surface area contributed by atoms with E-state index in [4.69, 9.17) is 0 Å². The van der Waals surface area contributed by atoms with E-state index in [0.29, 0.717) is 5.82 Å². The van der Waals surface area contributed by atoms with E-state index in [1.165, 1.54) is 11.1 Å². The van der Waals surface area contributed by atoms with Crippen LogP contribution in [0, 0.1) is 6.92 Å². The van der Waals surface area contributed by atoms with Gasteiger partial charge in [-0.25, -0.2) is 9.78 Å². The van der Waals surface area contributed by atoms with Crippen LogP contribution in [-0.2, 0) is 6.54 Å². The van der Waals surface area contributed by atoms with E-state index in [0.717, 1.165) is 12.2 Å². The number of hydrogen-bond acceptors (Lipinski definition) is 3. The topological polar surface area (TPSA) is 66.0 Å². The second kappa shape index (κ2) is 7.45. The molecule has 0 spiro atoms. The van der Waals surface area contributed by atoms with Gasteiger partial charge in [-0.3, -0.25) is 5.32 Å². The number of rotatable bonds is 5. The number of carbonyl (C=O) groups excluding carboxylic acids is 1. The fourth-order valence-corrected chi connectivity index (χ4v) is 2.01. The number of anilines is 2. The van der Waals surface area contributed by atoms with E-state index in [2.05, 4.69) is 46.1 Å². The molecule has 5 heteroatoms. The first-order chi connectivity index (χ1) is 10.5. The average molecular weight is 298 g/mol. The minimum absolute atomic E-state index is 0.0928. The molecule has 0 aliphatic rings. The predicted molar refractivity (Wildman–Crippen MR) is 90.0 cm³/mol. The van der Waals surface area contributed by atoms with E-state index in [-0.39, 0.29) is 12.1 Å². The first-order valence-corrected chi connectivity index (χ1v) is 7.36. The van der Waals surface area contributed by atoms with Crippen LogP contribution in [-0.4, -0.2) is 17.1 Å². The molecule has 5 nitrogen and oxygen atoms in total. The molecule has 3 N–H and O–H groups in total. The van der Waals surface area contributed by atoms with Crippen LogP contribution in [0.5, 0.6) is 0 Å². The lowest BCUT2D eigenvalue weighted by Crippen LogP contribution is -2.34. The number of hydrogen-bond donors (Lipinski definition) is 3. The quantitative estimate of drug-likeness (QED) is 0.791. The van der Waals surface area contributed by atoms with Gasteiger partial charge in [0.1, 0.15) is 5.82 Å². The normalized spacial score (nSPS) is 10.4. The van der Waals surface area contributed by atoms with Crippen LogP contribution in [0.25, 0.3) is 0 Å². The fourth-order valence-electron chi connectivity index (χ4n) is 2.01. The van der Waals surface area contributed by atoms with Crippen molar-refractivity contribution in [3.63, 3.8) is 0 Å². The van der Waals surface area contributed by atoms with E-state index in [1.807, 2.05) is 26.0 Å². The van der Waals surface area contributed by atoms with E-state index in [9.17, 15) is 4.79 Å². The maximum atomic E-state index is 11.6. The molecule has 22 heavy (non-hydrogen) atoms. The Morgan fingerprint density at radius 3 is 2.68 bits per heavy atom. The first-order valence-electron chi connectivity index (χ1n) is 7.36. The molecule has 0 saturated carbocycles. The third kappa shape index (κ3) is 5.09. The zero-order valence-corrected chi connectivity index (χ0v) is 13.2. The van der Waals surface area contributed by atoms with E-state index >= 15 is 0 Å². The van der Waals surface area contributed by atoms with Gasteiger partial charge < -0.3 is 10.6 Å². The molecule has 0 unspecified atom stereocenters. The smallest absolute Gasteiger partial charge is 0.320 e. The molecule has 2 aromatic rings. The van der Waals surface area contributed by atoms with Crippen LogP contribution in [0.3, 0.4) is 0 Å². The number of nitrogens with zero attached hydrogens (tertiary/aromatic N) is 1. The molecule has 0 aliphatic carbocycles. The summed E-state index contributed by atoms with van der Waals surface area (Å²) in [4.78, 5) is 15.8. The van der Waals surface area contributed by atoms with Crippen molar-refractivity contribution in [1.29, 1.82) is 0 Å². The summed E-state index contributed by atoms with van der Waals surface area (Å²) < 4.78 is 0. The Hall–Kier alpha value is -2.56. The summed E-state index contributed by atoms with van der Waals surface area (Å²) in [7, 11) is 0. The highest BCUT2D eigenvalue weighted by atomic mass is 16.2. The molecule has 0 aliphatic heterocycles. The van der Waals surface area contributed by atoms with Crippen LogP contribution >= 0.6 is 0 Å². The Morgan fingerprint density at radius 2 is 2.05 bits per heavy atom. The standard InChI is InChI=1S/C17H22N4O/c1-12(2)20-17(22)21-16-8-7-15(11-19-16)18-10-14-6-4-5-13(3)9-14/h4-9,11-12,18H,10H2,1-3H3,(H2,19,20,21,22). The zero-order valence-electron chi connectivity index (χ0n) is 13.2. The van der Waals surface area contributed by atoms with Crippen LogP contribution in [0.4, 0.5) is 16.3 Å². The Morgan fingerprint density at radius 1 is 1.23 bits per heavy atom. The summed E-state index contributed by atoms with van der Waals surface area (Å²) in [5.74, 6) is 0.527. The molecule has 0 atom stereocenters. The van der Waals surface area contributed by atoms with Crippen molar-refractivity contribution in [3.05, 3.63) is 53.7 Å². The van der Waals surface area contributed by atoms with Crippen LogP contribution in [0.1, 0.15) is 25.0 Å². The molecule has 116 valence electrons. The maximum absolute atomic E-state index is 11.6. The summed E-state index contributed by atoms with van der Waals surface area (Å²) in [6, 6.07) is 11.9. The minimum Gasteiger partial charge on any atom is -0.380 e. The lowest BCUT2D eigenvalue weighted by molar-refractivity contribution is 0.250. The highest BCUT2D eigenvalue weighted by Crippen LogP contribution is 2.12. The van der Waals surface area contributed by atoms with Gasteiger partial charge in [-0.2, -0.15) is 0 Å². The number of aryl methyl sites for hydroxylation is 1. The van der Waals surface area contributed by atoms with Crippen molar-refractivity contribution in [2.24, 2.45) is 0 Å². The van der Waals surface area contributed by atoms with Crippen LogP contribution < -0.4 is 16.0 Å². The molecular weight excluding hydrogens is 276 g/mol. The van der Waals surface area contributed by atoms with Gasteiger partial charge in [0.05, 0.1) is 11.9 Å². The third-order valence-electron chi connectivity index (χ3n) is 3.00. The lowest BCUT2D eigenvalue weighted by atomic mass is 10.1. The molecule has 0 saturated heterocycles. The summed E-state index contributed by atoms with van der Waals surface area (Å²) in [5, 5.41) is 8.75. The van der Waals surface area contributed by atoms with Crippen molar-refractivity contribution in [2.45, 2.75) is 33.4 Å². The van der Waals surface area contributed by atoms with E-state index < -0.39 is 0 Å². The van der Waals surface area contributed by atoms with Gasteiger partial charge in [0, 0.05) is 12.6 Å². The van der Waals surface area contributed by atoms with Crippen molar-refractivity contribution in [3.8, 4) is 0 Å². The number of aromatic nitrogens is 1. The van der Waals surface area contributed by atoms with Crippen molar-refractivity contribution in [1.82, 2.24) is 10.3 Å². The Kier molecular flexibility index (Phi) is 5.36. The monoisotopic (exact) mass is 298 g/mol. The number of benzene rings is 1. The molecule has 0 fully saturated rings. The first kappa shape index (κ1) is 15.8. The molecule has 0 bridgehead atoms. The number of carbonyl (C=O) groups is 1. The Bertz CT molecular complexity index is 623. The molecule has 2 rings (SSSR count). The van der Waals surface area contributed by atoms with Crippen LogP contribution in [0.15, 0.2) is 42.6 Å². The van der Waals surface area contributed by atoms with Crippen LogP contribution in [0.2, 0.25) is 0 Å². The third-order valence-corrected chi connectivity index (χ3v) is 3.00. The molecule has 1 aromatic carbocycles. The number of urea groups is 1. The minimum atomic E-state index is -0.247. The van der Waals surface area contributed by atoms with Gasteiger partial charge in [-0.15, -0.1) is 0 Å². The predicted octanol–water partition coefficient (Wildman–Crippen LogP) is 3.53. The second-order valence-electron chi connectivity index (χ2n) is 5.53. The molecule has 1 aromatic heterocycles. The molecule has 1 heterocycles.